The molecule has 2 N–H and O–H groups in total. The number of hydrogen-bond donors (Lipinski definition) is 1. The van der Waals surface area contributed by atoms with Crippen molar-refractivity contribution in [3.63, 3.8) is 0 Å². The van der Waals surface area contributed by atoms with Crippen molar-refractivity contribution in [2.75, 3.05) is 13.6 Å². The van der Waals surface area contributed by atoms with Gasteiger partial charge in [0.25, 0.3) is 0 Å². The monoisotopic (exact) mass is 293 g/mol. The molecule has 2 aromatic rings. The summed E-state index contributed by atoms with van der Waals surface area (Å²) < 4.78 is 13.1. The number of nitrogens with zero attached hydrogens (tertiary/aromatic N) is 2. The van der Waals surface area contributed by atoms with Crippen molar-refractivity contribution in [2.24, 2.45) is 5.73 Å². The van der Waals surface area contributed by atoms with Crippen LogP contribution in [-0.2, 0) is 6.54 Å². The normalized spacial score (nSPS) is 12.7. The Bertz CT molecular complexity index is 562. The van der Waals surface area contributed by atoms with E-state index < -0.39 is 0 Å². The molecule has 0 bridgehead atoms. The maximum Gasteiger partial charge on any atom is 0.124 e. The number of pyridine rings is 1. The van der Waals surface area contributed by atoms with Gasteiger partial charge in [-0.3, -0.25) is 9.88 Å². The molecule has 0 saturated carbocycles. The highest BCUT2D eigenvalue weighted by Gasteiger charge is 2.19. The van der Waals surface area contributed by atoms with Gasteiger partial charge in [0, 0.05) is 30.4 Å². The summed E-state index contributed by atoms with van der Waals surface area (Å²) in [5, 5.41) is 0.397. The average Bonchev–Trinajstić information content (AvgIpc) is 2.43. The molecule has 0 amide bonds. The van der Waals surface area contributed by atoms with Crippen molar-refractivity contribution in [3.8, 4) is 0 Å². The Morgan fingerprint density at radius 2 is 2.15 bits per heavy atom. The zero-order chi connectivity index (χ0) is 14.5. The fourth-order valence-electron chi connectivity index (χ4n) is 2.17. The molecule has 0 aliphatic heterocycles. The number of nitrogens with two attached hydrogens (primary N) is 1. The van der Waals surface area contributed by atoms with E-state index in [1.165, 1.54) is 12.1 Å². The third kappa shape index (κ3) is 3.54. The van der Waals surface area contributed by atoms with Crippen LogP contribution in [0.2, 0.25) is 5.02 Å². The minimum absolute atomic E-state index is 0.0786. The van der Waals surface area contributed by atoms with Crippen LogP contribution in [0.4, 0.5) is 4.39 Å². The molecule has 1 heterocycles. The highest BCUT2D eigenvalue weighted by molar-refractivity contribution is 6.31. The third-order valence-electron chi connectivity index (χ3n) is 3.21. The zero-order valence-corrected chi connectivity index (χ0v) is 12.0. The molecule has 1 atom stereocenters. The topological polar surface area (TPSA) is 42.2 Å². The molecule has 0 radical (unpaired) electrons. The van der Waals surface area contributed by atoms with E-state index in [-0.39, 0.29) is 11.9 Å². The highest BCUT2D eigenvalue weighted by Crippen LogP contribution is 2.27. The molecular formula is C15H17ClFN3. The van der Waals surface area contributed by atoms with Crippen LogP contribution in [0.15, 0.2) is 42.6 Å². The second-order valence-electron chi connectivity index (χ2n) is 4.65. The second-order valence-corrected chi connectivity index (χ2v) is 5.06. The van der Waals surface area contributed by atoms with Gasteiger partial charge in [0.2, 0.25) is 0 Å². The summed E-state index contributed by atoms with van der Waals surface area (Å²) >= 11 is 6.11. The minimum Gasteiger partial charge on any atom is -0.329 e. The number of halogens is 2. The summed E-state index contributed by atoms with van der Waals surface area (Å²) in [6.45, 7) is 1.05. The van der Waals surface area contributed by atoms with Crippen molar-refractivity contribution in [1.29, 1.82) is 0 Å². The molecule has 1 aromatic carbocycles. The SMILES string of the molecule is CN(Cc1ccccn1)C(CN)c1ccc(F)cc1Cl. The fourth-order valence-corrected chi connectivity index (χ4v) is 2.47. The summed E-state index contributed by atoms with van der Waals surface area (Å²) in [6, 6.07) is 10.1. The molecule has 106 valence electrons. The maximum absolute atomic E-state index is 13.1. The Morgan fingerprint density at radius 3 is 2.75 bits per heavy atom. The van der Waals surface area contributed by atoms with E-state index in [0.717, 1.165) is 11.3 Å². The van der Waals surface area contributed by atoms with Crippen LogP contribution in [0.3, 0.4) is 0 Å². The predicted octanol–water partition coefficient (Wildman–Crippen LogP) is 3.01. The first-order valence-electron chi connectivity index (χ1n) is 6.37. The lowest BCUT2D eigenvalue weighted by Crippen LogP contribution is -2.30. The molecule has 0 saturated heterocycles. The maximum atomic E-state index is 13.1. The first-order valence-corrected chi connectivity index (χ1v) is 6.74. The molecule has 0 aliphatic rings. The molecular weight excluding hydrogens is 277 g/mol. The van der Waals surface area contributed by atoms with E-state index in [4.69, 9.17) is 17.3 Å². The summed E-state index contributed by atoms with van der Waals surface area (Å²) in [5.41, 5.74) is 7.63. The number of benzene rings is 1. The Balaban J connectivity index is 2.19. The van der Waals surface area contributed by atoms with E-state index in [0.29, 0.717) is 18.1 Å². The lowest BCUT2D eigenvalue weighted by Gasteiger charge is -2.27. The first-order chi connectivity index (χ1) is 9.61. The van der Waals surface area contributed by atoms with Crippen LogP contribution < -0.4 is 5.73 Å². The van der Waals surface area contributed by atoms with E-state index in [1.807, 2.05) is 25.2 Å². The summed E-state index contributed by atoms with van der Waals surface area (Å²) in [7, 11) is 1.95. The van der Waals surface area contributed by atoms with Crippen LogP contribution in [0.25, 0.3) is 0 Å². The minimum atomic E-state index is -0.345. The van der Waals surface area contributed by atoms with Crippen molar-refractivity contribution >= 4 is 11.6 Å². The van der Waals surface area contributed by atoms with Crippen molar-refractivity contribution in [3.05, 3.63) is 64.7 Å². The van der Waals surface area contributed by atoms with E-state index >= 15 is 0 Å². The van der Waals surface area contributed by atoms with Gasteiger partial charge in [-0.05, 0) is 36.9 Å². The van der Waals surface area contributed by atoms with E-state index in [9.17, 15) is 4.39 Å². The van der Waals surface area contributed by atoms with Gasteiger partial charge in [-0.2, -0.15) is 0 Å². The van der Waals surface area contributed by atoms with Crippen LogP contribution in [0, 0.1) is 5.82 Å². The summed E-state index contributed by atoms with van der Waals surface area (Å²) in [4.78, 5) is 6.35. The van der Waals surface area contributed by atoms with Crippen LogP contribution in [0.1, 0.15) is 17.3 Å². The van der Waals surface area contributed by atoms with E-state index in [1.54, 1.807) is 12.3 Å². The number of rotatable bonds is 5. The molecule has 0 fully saturated rings. The van der Waals surface area contributed by atoms with Gasteiger partial charge in [-0.25, -0.2) is 4.39 Å². The first kappa shape index (κ1) is 14.9. The van der Waals surface area contributed by atoms with Gasteiger partial charge in [-0.15, -0.1) is 0 Å². The van der Waals surface area contributed by atoms with Crippen molar-refractivity contribution < 1.29 is 4.39 Å². The quantitative estimate of drug-likeness (QED) is 0.921. The van der Waals surface area contributed by atoms with Gasteiger partial charge in [-0.1, -0.05) is 23.7 Å². The standard InChI is InChI=1S/C15H17ClFN3/c1-20(10-12-4-2-3-7-19-12)15(9-18)13-6-5-11(17)8-14(13)16/h2-8,15H,9-10,18H2,1H3. The number of likely N-dealkylation sites (N-methyl/N-ethyl adjacent to an activating group) is 1. The Kier molecular flexibility index (Phi) is 5.06. The lowest BCUT2D eigenvalue weighted by atomic mass is 10.1. The van der Waals surface area contributed by atoms with E-state index in [2.05, 4.69) is 9.88 Å². The third-order valence-corrected chi connectivity index (χ3v) is 3.54. The van der Waals surface area contributed by atoms with Crippen LogP contribution in [-0.4, -0.2) is 23.5 Å². The van der Waals surface area contributed by atoms with Crippen LogP contribution >= 0.6 is 11.6 Å². The largest absolute Gasteiger partial charge is 0.329 e. The average molecular weight is 294 g/mol. The Morgan fingerprint density at radius 1 is 1.35 bits per heavy atom. The second kappa shape index (κ2) is 6.79. The molecule has 1 aromatic heterocycles. The van der Waals surface area contributed by atoms with Crippen molar-refractivity contribution in [1.82, 2.24) is 9.88 Å². The van der Waals surface area contributed by atoms with Crippen molar-refractivity contribution in [2.45, 2.75) is 12.6 Å². The lowest BCUT2D eigenvalue weighted by molar-refractivity contribution is 0.239. The van der Waals surface area contributed by atoms with Gasteiger partial charge in [0.15, 0.2) is 0 Å². The van der Waals surface area contributed by atoms with Gasteiger partial charge in [0.1, 0.15) is 5.82 Å². The fraction of sp³-hybridized carbons (Fsp3) is 0.267. The molecule has 2 rings (SSSR count). The molecule has 1 unspecified atom stereocenters. The molecule has 3 nitrogen and oxygen atoms in total. The van der Waals surface area contributed by atoms with Gasteiger partial charge < -0.3 is 5.73 Å². The smallest absolute Gasteiger partial charge is 0.124 e. The summed E-state index contributed by atoms with van der Waals surface area (Å²) in [5.74, 6) is -0.345. The molecule has 20 heavy (non-hydrogen) atoms. The Hall–Kier alpha value is -1.49. The number of aromatic nitrogens is 1. The highest BCUT2D eigenvalue weighted by atomic mass is 35.5. The molecule has 0 aliphatic carbocycles. The van der Waals surface area contributed by atoms with Gasteiger partial charge >= 0.3 is 0 Å². The summed E-state index contributed by atoms with van der Waals surface area (Å²) in [6.07, 6.45) is 1.76. The predicted molar refractivity (Wildman–Crippen MR) is 78.9 cm³/mol. The molecule has 5 heteroatoms. The number of hydrogen-bond acceptors (Lipinski definition) is 3. The molecule has 0 spiro atoms. The van der Waals surface area contributed by atoms with Gasteiger partial charge in [0.05, 0.1) is 5.69 Å². The Labute approximate surface area is 123 Å². The zero-order valence-electron chi connectivity index (χ0n) is 11.3. The van der Waals surface area contributed by atoms with Crippen LogP contribution in [0.5, 0.6) is 0 Å².